The van der Waals surface area contributed by atoms with Crippen LogP contribution >= 0.6 is 12.2 Å². The molecule has 110 valence electrons. The summed E-state index contributed by atoms with van der Waals surface area (Å²) in [4.78, 5) is 16.3. The van der Waals surface area contributed by atoms with Gasteiger partial charge < -0.3 is 15.4 Å². The number of likely N-dealkylation sites (N-methyl/N-ethyl adjacent to an activating group) is 2. The largest absolute Gasteiger partial charge is 0.393 e. The first-order valence-corrected chi connectivity index (χ1v) is 7.30. The summed E-state index contributed by atoms with van der Waals surface area (Å²) in [5.74, 6) is 0.107. The van der Waals surface area contributed by atoms with Crippen molar-refractivity contribution in [2.75, 3.05) is 39.8 Å². The van der Waals surface area contributed by atoms with Crippen molar-refractivity contribution in [1.29, 1.82) is 0 Å². The topological polar surface area (TPSA) is 58.8 Å². The Morgan fingerprint density at radius 2 is 2.26 bits per heavy atom. The van der Waals surface area contributed by atoms with Crippen LogP contribution in [0, 0.1) is 0 Å². The van der Waals surface area contributed by atoms with Crippen molar-refractivity contribution < 1.29 is 9.53 Å². The summed E-state index contributed by atoms with van der Waals surface area (Å²) >= 11 is 4.82. The minimum absolute atomic E-state index is 0.107. The van der Waals surface area contributed by atoms with Crippen LogP contribution < -0.4 is 5.73 Å². The van der Waals surface area contributed by atoms with Crippen LogP contribution in [0.5, 0.6) is 0 Å². The molecule has 0 aromatic carbocycles. The number of carbonyl (C=O) groups excluding carboxylic acids is 1. The van der Waals surface area contributed by atoms with Gasteiger partial charge in [-0.2, -0.15) is 0 Å². The predicted octanol–water partition coefficient (Wildman–Crippen LogP) is 0.622. The summed E-state index contributed by atoms with van der Waals surface area (Å²) in [7, 11) is 1.79. The Morgan fingerprint density at radius 1 is 1.53 bits per heavy atom. The molecule has 1 unspecified atom stereocenters. The molecule has 0 radical (unpaired) electrons. The second kappa shape index (κ2) is 8.45. The molecule has 1 fully saturated rings. The molecule has 5 nitrogen and oxygen atoms in total. The highest BCUT2D eigenvalue weighted by Crippen LogP contribution is 2.13. The molecule has 0 aliphatic carbocycles. The molecular formula is C13H25N3O2S. The molecule has 2 N–H and O–H groups in total. The minimum Gasteiger partial charge on any atom is -0.393 e. The van der Waals surface area contributed by atoms with Crippen molar-refractivity contribution >= 4 is 23.1 Å². The maximum atomic E-state index is 12.1. The molecule has 1 atom stereocenters. The molecule has 1 saturated heterocycles. The van der Waals surface area contributed by atoms with Crippen LogP contribution in [0.3, 0.4) is 0 Å². The Kier molecular flexibility index (Phi) is 7.27. The van der Waals surface area contributed by atoms with E-state index in [0.717, 1.165) is 32.5 Å². The Labute approximate surface area is 121 Å². The van der Waals surface area contributed by atoms with E-state index in [0.29, 0.717) is 24.5 Å². The van der Waals surface area contributed by atoms with Gasteiger partial charge in [-0.3, -0.25) is 9.69 Å². The van der Waals surface area contributed by atoms with E-state index >= 15 is 0 Å². The maximum absolute atomic E-state index is 12.1. The fourth-order valence-corrected chi connectivity index (χ4v) is 2.19. The fraction of sp³-hybridized carbons (Fsp3) is 0.846. The van der Waals surface area contributed by atoms with Gasteiger partial charge in [0.2, 0.25) is 5.91 Å². The van der Waals surface area contributed by atoms with E-state index in [2.05, 4.69) is 11.8 Å². The van der Waals surface area contributed by atoms with E-state index < -0.39 is 0 Å². The van der Waals surface area contributed by atoms with Gasteiger partial charge in [0.15, 0.2) is 0 Å². The molecule has 0 saturated carbocycles. The number of nitrogens with zero attached hydrogens (tertiary/aromatic N) is 2. The number of thiocarbonyl (C=S) groups is 1. The van der Waals surface area contributed by atoms with Crippen LogP contribution in [0.2, 0.25) is 0 Å². The summed E-state index contributed by atoms with van der Waals surface area (Å²) in [6.07, 6.45) is 3.09. The summed E-state index contributed by atoms with van der Waals surface area (Å²) in [5, 5.41) is 0. The van der Waals surface area contributed by atoms with E-state index in [1.54, 1.807) is 11.9 Å². The molecule has 6 heteroatoms. The van der Waals surface area contributed by atoms with Crippen molar-refractivity contribution in [3.05, 3.63) is 0 Å². The highest BCUT2D eigenvalue weighted by molar-refractivity contribution is 7.80. The molecule has 1 rings (SSSR count). The number of nitrogens with two attached hydrogens (primary N) is 1. The number of hydrogen-bond donors (Lipinski definition) is 1. The second-order valence-electron chi connectivity index (χ2n) is 4.99. The van der Waals surface area contributed by atoms with Crippen LogP contribution in [-0.2, 0) is 9.53 Å². The summed E-state index contributed by atoms with van der Waals surface area (Å²) in [6.45, 7) is 5.64. The van der Waals surface area contributed by atoms with Gasteiger partial charge >= 0.3 is 0 Å². The first-order chi connectivity index (χ1) is 9.02. The van der Waals surface area contributed by atoms with Crippen LogP contribution in [0.4, 0.5) is 0 Å². The van der Waals surface area contributed by atoms with Gasteiger partial charge in [0.05, 0.1) is 17.6 Å². The maximum Gasteiger partial charge on any atom is 0.236 e. The average molecular weight is 287 g/mol. The molecule has 19 heavy (non-hydrogen) atoms. The number of carbonyl (C=O) groups is 1. The van der Waals surface area contributed by atoms with E-state index in [1.165, 1.54) is 0 Å². The summed E-state index contributed by atoms with van der Waals surface area (Å²) in [5.41, 5.74) is 5.44. The standard InChI is InChI=1S/C13H25N3O2S/c1-3-16(9-11-5-4-8-18-11)10-13(17)15(2)7-6-12(14)19/h11H,3-10H2,1-2H3,(H2,14,19). The predicted molar refractivity (Wildman–Crippen MR) is 80.1 cm³/mol. The third-order valence-corrected chi connectivity index (χ3v) is 3.62. The molecule has 0 aromatic heterocycles. The lowest BCUT2D eigenvalue weighted by molar-refractivity contribution is -0.131. The van der Waals surface area contributed by atoms with Gasteiger partial charge in [-0.25, -0.2) is 0 Å². The zero-order valence-electron chi connectivity index (χ0n) is 11.9. The molecule has 0 spiro atoms. The Bertz CT molecular complexity index is 306. The minimum atomic E-state index is 0.107. The first-order valence-electron chi connectivity index (χ1n) is 6.89. The molecule has 1 aliphatic heterocycles. The molecule has 1 amide bonds. The van der Waals surface area contributed by atoms with Gasteiger partial charge in [-0.1, -0.05) is 19.1 Å². The van der Waals surface area contributed by atoms with Crippen LogP contribution in [0.15, 0.2) is 0 Å². The van der Waals surface area contributed by atoms with Crippen molar-refractivity contribution in [2.45, 2.75) is 32.3 Å². The van der Waals surface area contributed by atoms with Crippen molar-refractivity contribution in [3.8, 4) is 0 Å². The highest BCUT2D eigenvalue weighted by Gasteiger charge is 2.20. The third-order valence-electron chi connectivity index (χ3n) is 3.41. The van der Waals surface area contributed by atoms with E-state index in [9.17, 15) is 4.79 Å². The smallest absolute Gasteiger partial charge is 0.236 e. The lowest BCUT2D eigenvalue weighted by Crippen LogP contribution is -2.42. The first kappa shape index (κ1) is 16.3. The number of amides is 1. The molecule has 1 heterocycles. The van der Waals surface area contributed by atoms with E-state index in [-0.39, 0.29) is 12.0 Å². The fourth-order valence-electron chi connectivity index (χ4n) is 2.10. The lowest BCUT2D eigenvalue weighted by atomic mass is 10.2. The van der Waals surface area contributed by atoms with Crippen molar-refractivity contribution in [1.82, 2.24) is 9.80 Å². The van der Waals surface area contributed by atoms with E-state index in [4.69, 9.17) is 22.7 Å². The number of rotatable bonds is 8. The molecule has 0 bridgehead atoms. The van der Waals surface area contributed by atoms with Gasteiger partial charge in [0.1, 0.15) is 0 Å². The Morgan fingerprint density at radius 3 is 2.79 bits per heavy atom. The normalized spacial score (nSPS) is 18.8. The average Bonchev–Trinajstić information content (AvgIpc) is 2.87. The molecule has 0 aromatic rings. The van der Waals surface area contributed by atoms with Gasteiger partial charge in [0, 0.05) is 33.2 Å². The summed E-state index contributed by atoms with van der Waals surface area (Å²) in [6, 6.07) is 0. The quantitative estimate of drug-likeness (QED) is 0.663. The van der Waals surface area contributed by atoms with Crippen LogP contribution in [-0.4, -0.2) is 66.6 Å². The second-order valence-corrected chi connectivity index (χ2v) is 5.52. The zero-order chi connectivity index (χ0) is 14.3. The van der Waals surface area contributed by atoms with Gasteiger partial charge in [-0.05, 0) is 19.4 Å². The van der Waals surface area contributed by atoms with Crippen molar-refractivity contribution in [2.24, 2.45) is 5.73 Å². The monoisotopic (exact) mass is 287 g/mol. The Hall–Kier alpha value is -0.720. The molecular weight excluding hydrogens is 262 g/mol. The Balaban J connectivity index is 2.32. The highest BCUT2D eigenvalue weighted by atomic mass is 32.1. The van der Waals surface area contributed by atoms with E-state index in [1.807, 2.05) is 0 Å². The van der Waals surface area contributed by atoms with Crippen molar-refractivity contribution in [3.63, 3.8) is 0 Å². The number of ether oxygens (including phenoxy) is 1. The number of hydrogen-bond acceptors (Lipinski definition) is 4. The summed E-state index contributed by atoms with van der Waals surface area (Å²) < 4.78 is 5.61. The zero-order valence-corrected chi connectivity index (χ0v) is 12.7. The van der Waals surface area contributed by atoms with Gasteiger partial charge in [-0.15, -0.1) is 0 Å². The van der Waals surface area contributed by atoms with Crippen LogP contribution in [0.25, 0.3) is 0 Å². The lowest BCUT2D eigenvalue weighted by Gasteiger charge is -2.25. The van der Waals surface area contributed by atoms with Crippen LogP contribution in [0.1, 0.15) is 26.2 Å². The SMILES string of the molecule is CCN(CC(=O)N(C)CCC(N)=S)CC1CCCO1. The van der Waals surface area contributed by atoms with Gasteiger partial charge in [0.25, 0.3) is 0 Å². The third kappa shape index (κ3) is 6.31. The molecule has 1 aliphatic rings.